The molecular formula is C21H24N2O. The Morgan fingerprint density at radius 2 is 1.67 bits per heavy atom. The van der Waals surface area contributed by atoms with Crippen LogP contribution >= 0.6 is 0 Å². The summed E-state index contributed by atoms with van der Waals surface area (Å²) in [7, 11) is 4.15. The Morgan fingerprint density at radius 1 is 0.958 bits per heavy atom. The van der Waals surface area contributed by atoms with Gasteiger partial charge in [-0.25, -0.2) is 0 Å². The first-order chi connectivity index (χ1) is 11.6. The number of likely N-dealkylation sites (N-methyl/N-ethyl adjacent to an activating group) is 1. The number of rotatable bonds is 6. The molecule has 3 heteroatoms. The van der Waals surface area contributed by atoms with E-state index in [4.69, 9.17) is 0 Å². The van der Waals surface area contributed by atoms with Crippen molar-refractivity contribution < 1.29 is 4.79 Å². The van der Waals surface area contributed by atoms with Crippen LogP contribution in [0.25, 0.3) is 10.9 Å². The van der Waals surface area contributed by atoms with Crippen LogP contribution in [-0.4, -0.2) is 36.0 Å². The molecule has 0 unspecified atom stereocenters. The SMILES string of the molecule is CN(C)CCc1cn(C(=O)CCc2ccccc2)c2ccccc12. The van der Waals surface area contributed by atoms with E-state index in [9.17, 15) is 4.79 Å². The molecule has 2 aromatic carbocycles. The molecule has 0 aliphatic rings. The zero-order valence-corrected chi connectivity index (χ0v) is 14.4. The molecule has 24 heavy (non-hydrogen) atoms. The summed E-state index contributed by atoms with van der Waals surface area (Å²) in [5, 5.41) is 1.19. The summed E-state index contributed by atoms with van der Waals surface area (Å²) in [4.78, 5) is 14.9. The maximum Gasteiger partial charge on any atom is 0.231 e. The van der Waals surface area contributed by atoms with Gasteiger partial charge in [0.15, 0.2) is 0 Å². The Morgan fingerprint density at radius 3 is 2.42 bits per heavy atom. The van der Waals surface area contributed by atoms with Crippen molar-refractivity contribution in [3.63, 3.8) is 0 Å². The molecule has 0 spiro atoms. The van der Waals surface area contributed by atoms with Crippen molar-refractivity contribution in [2.24, 2.45) is 0 Å². The lowest BCUT2D eigenvalue weighted by molar-refractivity contribution is 0.0908. The summed E-state index contributed by atoms with van der Waals surface area (Å²) < 4.78 is 1.84. The van der Waals surface area contributed by atoms with Crippen LogP contribution in [0, 0.1) is 0 Å². The number of fused-ring (bicyclic) bond motifs is 1. The van der Waals surface area contributed by atoms with Crippen molar-refractivity contribution in [2.75, 3.05) is 20.6 Å². The number of carbonyl (C=O) groups excluding carboxylic acids is 1. The molecule has 0 saturated heterocycles. The minimum Gasteiger partial charge on any atom is -0.309 e. The largest absolute Gasteiger partial charge is 0.309 e. The highest BCUT2D eigenvalue weighted by molar-refractivity contribution is 5.94. The summed E-state index contributed by atoms with van der Waals surface area (Å²) in [6.07, 6.45) is 4.28. The Bertz CT molecular complexity index is 818. The molecule has 1 heterocycles. The fourth-order valence-corrected chi connectivity index (χ4v) is 3.02. The van der Waals surface area contributed by atoms with Crippen LogP contribution in [-0.2, 0) is 12.8 Å². The van der Waals surface area contributed by atoms with E-state index in [1.807, 2.05) is 47.2 Å². The van der Waals surface area contributed by atoms with Gasteiger partial charge < -0.3 is 4.90 Å². The highest BCUT2D eigenvalue weighted by atomic mass is 16.2. The number of aromatic nitrogens is 1. The van der Waals surface area contributed by atoms with E-state index in [0.29, 0.717) is 6.42 Å². The minimum atomic E-state index is 0.158. The number of hydrogen-bond acceptors (Lipinski definition) is 2. The predicted octanol–water partition coefficient (Wildman–Crippen LogP) is 4.02. The summed E-state index contributed by atoms with van der Waals surface area (Å²) in [6.45, 7) is 0.978. The van der Waals surface area contributed by atoms with Crippen molar-refractivity contribution in [3.05, 3.63) is 71.9 Å². The van der Waals surface area contributed by atoms with Gasteiger partial charge in [0.05, 0.1) is 5.52 Å². The van der Waals surface area contributed by atoms with Crippen molar-refractivity contribution in [1.82, 2.24) is 9.47 Å². The van der Waals surface area contributed by atoms with E-state index in [2.05, 4.69) is 37.2 Å². The predicted molar refractivity (Wildman–Crippen MR) is 99.6 cm³/mol. The minimum absolute atomic E-state index is 0.158. The molecule has 0 aliphatic carbocycles. The van der Waals surface area contributed by atoms with E-state index < -0.39 is 0 Å². The van der Waals surface area contributed by atoms with E-state index in [0.717, 1.165) is 24.9 Å². The Labute approximate surface area is 143 Å². The van der Waals surface area contributed by atoms with Gasteiger partial charge in [0.1, 0.15) is 0 Å². The van der Waals surface area contributed by atoms with Crippen LogP contribution in [0.3, 0.4) is 0 Å². The van der Waals surface area contributed by atoms with Crippen LogP contribution in [0.2, 0.25) is 0 Å². The first kappa shape index (κ1) is 16.5. The van der Waals surface area contributed by atoms with Gasteiger partial charge in [-0.1, -0.05) is 48.5 Å². The van der Waals surface area contributed by atoms with Crippen LogP contribution in [0.4, 0.5) is 0 Å². The van der Waals surface area contributed by atoms with Crippen molar-refractivity contribution in [2.45, 2.75) is 19.3 Å². The zero-order chi connectivity index (χ0) is 16.9. The average molecular weight is 320 g/mol. The zero-order valence-electron chi connectivity index (χ0n) is 14.4. The molecule has 3 nitrogen and oxygen atoms in total. The van der Waals surface area contributed by atoms with Gasteiger partial charge in [-0.15, -0.1) is 0 Å². The number of para-hydroxylation sites is 1. The molecule has 0 aliphatic heterocycles. The van der Waals surface area contributed by atoms with Crippen molar-refractivity contribution in [1.29, 1.82) is 0 Å². The average Bonchev–Trinajstić information content (AvgIpc) is 2.98. The Hall–Kier alpha value is -2.39. The molecule has 0 amide bonds. The first-order valence-corrected chi connectivity index (χ1v) is 8.46. The van der Waals surface area contributed by atoms with Crippen molar-refractivity contribution in [3.8, 4) is 0 Å². The molecule has 0 radical (unpaired) electrons. The first-order valence-electron chi connectivity index (χ1n) is 8.46. The second-order valence-corrected chi connectivity index (χ2v) is 6.47. The Balaban J connectivity index is 1.81. The number of carbonyl (C=O) groups is 1. The standard InChI is InChI=1S/C21H24N2O/c1-22(2)15-14-18-16-23(20-11-7-6-10-19(18)20)21(24)13-12-17-8-4-3-5-9-17/h3-11,16H,12-15H2,1-2H3. The number of aryl methyl sites for hydroxylation is 1. The molecule has 0 atom stereocenters. The van der Waals surface area contributed by atoms with Crippen LogP contribution < -0.4 is 0 Å². The Kier molecular flexibility index (Phi) is 5.11. The van der Waals surface area contributed by atoms with E-state index in [1.165, 1.54) is 16.5 Å². The monoisotopic (exact) mass is 320 g/mol. The fourth-order valence-electron chi connectivity index (χ4n) is 3.02. The summed E-state index contributed by atoms with van der Waals surface area (Å²) >= 11 is 0. The summed E-state index contributed by atoms with van der Waals surface area (Å²) in [5.74, 6) is 0.158. The highest BCUT2D eigenvalue weighted by Crippen LogP contribution is 2.22. The number of benzene rings is 2. The topological polar surface area (TPSA) is 25.2 Å². The normalized spacial score (nSPS) is 11.3. The maximum atomic E-state index is 12.7. The second-order valence-electron chi connectivity index (χ2n) is 6.47. The van der Waals surface area contributed by atoms with Gasteiger partial charge >= 0.3 is 0 Å². The number of nitrogens with zero attached hydrogens (tertiary/aromatic N) is 2. The van der Waals surface area contributed by atoms with Gasteiger partial charge in [-0.05, 0) is 44.1 Å². The van der Waals surface area contributed by atoms with Gasteiger partial charge in [-0.3, -0.25) is 9.36 Å². The van der Waals surface area contributed by atoms with Crippen LogP contribution in [0.1, 0.15) is 22.3 Å². The maximum absolute atomic E-state index is 12.7. The fraction of sp³-hybridized carbons (Fsp3) is 0.286. The summed E-state index contributed by atoms with van der Waals surface area (Å²) in [6, 6.07) is 18.4. The van der Waals surface area contributed by atoms with E-state index in [1.54, 1.807) is 0 Å². The third-order valence-electron chi connectivity index (χ3n) is 4.36. The van der Waals surface area contributed by atoms with Crippen LogP contribution in [0.15, 0.2) is 60.8 Å². The molecule has 0 bridgehead atoms. The van der Waals surface area contributed by atoms with Gasteiger partial charge in [0.25, 0.3) is 0 Å². The molecule has 3 rings (SSSR count). The molecule has 124 valence electrons. The van der Waals surface area contributed by atoms with Gasteiger partial charge in [0, 0.05) is 24.5 Å². The van der Waals surface area contributed by atoms with E-state index in [-0.39, 0.29) is 5.91 Å². The molecule has 3 aromatic rings. The third-order valence-corrected chi connectivity index (χ3v) is 4.36. The smallest absolute Gasteiger partial charge is 0.231 e. The quantitative estimate of drug-likeness (QED) is 0.685. The lowest BCUT2D eigenvalue weighted by atomic mass is 10.1. The molecular weight excluding hydrogens is 296 g/mol. The lowest BCUT2D eigenvalue weighted by Crippen LogP contribution is -2.15. The summed E-state index contributed by atoms with van der Waals surface area (Å²) in [5.41, 5.74) is 3.46. The molecule has 0 N–H and O–H groups in total. The molecule has 1 aromatic heterocycles. The van der Waals surface area contributed by atoms with Gasteiger partial charge in [0.2, 0.25) is 5.91 Å². The third kappa shape index (κ3) is 3.74. The molecule has 0 fully saturated rings. The molecule has 0 saturated carbocycles. The lowest BCUT2D eigenvalue weighted by Gasteiger charge is -2.07. The second kappa shape index (κ2) is 7.45. The van der Waals surface area contributed by atoms with Crippen LogP contribution in [0.5, 0.6) is 0 Å². The number of hydrogen-bond donors (Lipinski definition) is 0. The van der Waals surface area contributed by atoms with Gasteiger partial charge in [-0.2, -0.15) is 0 Å². The highest BCUT2D eigenvalue weighted by Gasteiger charge is 2.13. The van der Waals surface area contributed by atoms with E-state index >= 15 is 0 Å². The van der Waals surface area contributed by atoms with Crippen molar-refractivity contribution >= 4 is 16.8 Å².